The summed E-state index contributed by atoms with van der Waals surface area (Å²) in [7, 11) is 1.56. The normalized spacial score (nSPS) is 11.6. The fourth-order valence-electron chi connectivity index (χ4n) is 2.96. The summed E-state index contributed by atoms with van der Waals surface area (Å²) >= 11 is 0. The lowest BCUT2D eigenvalue weighted by molar-refractivity contribution is 0.0635. The Hall–Kier alpha value is -4.16. The highest BCUT2D eigenvalue weighted by Crippen LogP contribution is 2.28. The van der Waals surface area contributed by atoms with Crippen LogP contribution in [0.4, 0.5) is 19.4 Å². The van der Waals surface area contributed by atoms with Gasteiger partial charge in [-0.25, -0.2) is 27.8 Å². The fraction of sp³-hybridized carbons (Fsp3) is 0.300. The Kier molecular flexibility index (Phi) is 5.62. The molecule has 1 aromatic carbocycles. The summed E-state index contributed by atoms with van der Waals surface area (Å²) in [6, 6.07) is 6.69. The van der Waals surface area contributed by atoms with E-state index >= 15 is 0 Å². The Morgan fingerprint density at radius 2 is 1.97 bits per heavy atom. The van der Waals surface area contributed by atoms with Gasteiger partial charge in [0, 0.05) is 19.2 Å². The maximum absolute atomic E-state index is 14.3. The van der Waals surface area contributed by atoms with Crippen LogP contribution in [0.2, 0.25) is 0 Å². The molecule has 0 aliphatic rings. The van der Waals surface area contributed by atoms with Crippen molar-refractivity contribution in [2.45, 2.75) is 33.0 Å². The van der Waals surface area contributed by atoms with Gasteiger partial charge in [0.25, 0.3) is 5.95 Å². The summed E-state index contributed by atoms with van der Waals surface area (Å²) < 4.78 is 41.8. The summed E-state index contributed by atoms with van der Waals surface area (Å²) in [5.41, 5.74) is -0.242. The van der Waals surface area contributed by atoms with Crippen LogP contribution in [0.25, 0.3) is 17.0 Å². The second kappa shape index (κ2) is 8.41. The minimum atomic E-state index is -0.856. The number of aryl methyl sites for hydroxylation is 1. The van der Waals surface area contributed by atoms with Crippen molar-refractivity contribution < 1.29 is 23.0 Å². The maximum atomic E-state index is 14.3. The highest BCUT2D eigenvalue weighted by molar-refractivity contribution is 5.83. The molecule has 0 unspecified atom stereocenters. The van der Waals surface area contributed by atoms with E-state index in [1.807, 2.05) is 0 Å². The molecule has 11 nitrogen and oxygen atoms in total. The van der Waals surface area contributed by atoms with Gasteiger partial charge in [0.1, 0.15) is 29.4 Å². The van der Waals surface area contributed by atoms with E-state index in [9.17, 15) is 13.6 Å². The number of imidazole rings is 1. The maximum Gasteiger partial charge on any atom is 0.413 e. The van der Waals surface area contributed by atoms with Gasteiger partial charge in [0.05, 0.1) is 11.2 Å². The third kappa shape index (κ3) is 4.86. The summed E-state index contributed by atoms with van der Waals surface area (Å²) in [6.45, 7) is 5.15. The van der Waals surface area contributed by atoms with E-state index in [1.54, 1.807) is 46.0 Å². The van der Waals surface area contributed by atoms with Gasteiger partial charge in [-0.3, -0.25) is 5.32 Å². The van der Waals surface area contributed by atoms with Gasteiger partial charge in [-0.15, -0.1) is 0 Å². The molecule has 1 amide bonds. The van der Waals surface area contributed by atoms with E-state index in [1.165, 1.54) is 9.25 Å². The summed E-state index contributed by atoms with van der Waals surface area (Å²) in [6.07, 6.45) is -0.651. The van der Waals surface area contributed by atoms with Crippen molar-refractivity contribution >= 4 is 22.9 Å². The van der Waals surface area contributed by atoms with Crippen molar-refractivity contribution in [3.63, 3.8) is 0 Å². The first-order valence-corrected chi connectivity index (χ1v) is 9.80. The van der Waals surface area contributed by atoms with Crippen LogP contribution in [0.3, 0.4) is 0 Å². The predicted molar refractivity (Wildman–Crippen MR) is 112 cm³/mol. The lowest BCUT2D eigenvalue weighted by Gasteiger charge is -2.19. The third-order valence-corrected chi connectivity index (χ3v) is 4.23. The van der Waals surface area contributed by atoms with Gasteiger partial charge in [0.2, 0.25) is 0 Å². The topological polar surface area (TPSA) is 122 Å². The van der Waals surface area contributed by atoms with Crippen molar-refractivity contribution in [2.75, 3.05) is 5.32 Å². The van der Waals surface area contributed by atoms with Gasteiger partial charge < -0.3 is 9.47 Å². The lowest BCUT2D eigenvalue weighted by Crippen LogP contribution is -2.27. The number of amides is 1. The molecule has 1 N–H and O–H groups in total. The average Bonchev–Trinajstić information content (AvgIpc) is 3.28. The van der Waals surface area contributed by atoms with Crippen LogP contribution in [0.1, 0.15) is 26.5 Å². The van der Waals surface area contributed by atoms with Crippen LogP contribution in [0.5, 0.6) is 6.01 Å². The Labute approximate surface area is 186 Å². The molecule has 0 aliphatic carbocycles. The molecule has 13 heteroatoms. The molecule has 172 valence electrons. The minimum absolute atomic E-state index is 0.0697. The van der Waals surface area contributed by atoms with Crippen LogP contribution in [-0.2, 0) is 18.4 Å². The van der Waals surface area contributed by atoms with Gasteiger partial charge >= 0.3 is 12.1 Å². The number of halogens is 2. The van der Waals surface area contributed by atoms with Crippen LogP contribution in [0, 0.1) is 11.6 Å². The largest absolute Gasteiger partial charge is 0.458 e. The summed E-state index contributed by atoms with van der Waals surface area (Å²) in [5, 5.41) is 13.7. The van der Waals surface area contributed by atoms with E-state index in [0.29, 0.717) is 5.69 Å². The van der Waals surface area contributed by atoms with Crippen molar-refractivity contribution in [3.8, 4) is 12.0 Å². The van der Waals surface area contributed by atoms with Crippen LogP contribution >= 0.6 is 0 Å². The standard InChI is InChI=1S/C20H20F2N8O3/c1-20(2,3)33-19(31)24-15-7-5-6-12(23-15)10-32-18-25-16-13(22)8-11(21)9-14(16)30(18)17-26-27-28-29(17)4/h5-9H,10H2,1-4H3,(H,23,24,31). The van der Waals surface area contributed by atoms with E-state index in [2.05, 4.69) is 30.8 Å². The molecule has 0 fully saturated rings. The SMILES string of the molecule is Cn1nnnc1-n1c(OCc2cccc(NC(=O)OC(C)(C)C)n2)nc2c(F)cc(F)cc21. The Bertz CT molecular complexity index is 1330. The molecule has 4 aromatic rings. The molecule has 4 rings (SSSR count). The Morgan fingerprint density at radius 3 is 2.67 bits per heavy atom. The summed E-state index contributed by atoms with van der Waals surface area (Å²) in [4.78, 5) is 20.4. The van der Waals surface area contributed by atoms with Gasteiger partial charge in [-0.05, 0) is 43.3 Å². The fourth-order valence-corrected chi connectivity index (χ4v) is 2.96. The Morgan fingerprint density at radius 1 is 1.18 bits per heavy atom. The van der Waals surface area contributed by atoms with Crippen molar-refractivity contribution in [3.05, 3.63) is 47.7 Å². The molecule has 0 radical (unpaired) electrons. The number of nitrogens with zero attached hydrogens (tertiary/aromatic N) is 7. The zero-order chi connectivity index (χ0) is 23.8. The number of rotatable bonds is 5. The number of nitrogens with one attached hydrogen (secondary N) is 1. The van der Waals surface area contributed by atoms with E-state index < -0.39 is 23.3 Å². The third-order valence-electron chi connectivity index (χ3n) is 4.23. The quantitative estimate of drug-likeness (QED) is 0.484. The van der Waals surface area contributed by atoms with E-state index in [0.717, 1.165) is 12.1 Å². The number of tetrazole rings is 1. The van der Waals surface area contributed by atoms with Crippen molar-refractivity contribution in [2.24, 2.45) is 7.05 Å². The molecule has 3 heterocycles. The van der Waals surface area contributed by atoms with Crippen LogP contribution in [-0.4, -0.2) is 46.4 Å². The number of benzene rings is 1. The monoisotopic (exact) mass is 458 g/mol. The van der Waals surface area contributed by atoms with Gasteiger partial charge in [0.15, 0.2) is 5.82 Å². The number of ether oxygens (including phenoxy) is 2. The zero-order valence-corrected chi connectivity index (χ0v) is 18.2. The van der Waals surface area contributed by atoms with Crippen molar-refractivity contribution in [1.29, 1.82) is 0 Å². The van der Waals surface area contributed by atoms with Gasteiger partial charge in [-0.2, -0.15) is 4.98 Å². The first-order valence-electron chi connectivity index (χ1n) is 9.80. The van der Waals surface area contributed by atoms with E-state index in [4.69, 9.17) is 9.47 Å². The molecule has 0 saturated heterocycles. The number of aromatic nitrogens is 7. The number of anilines is 1. The molecule has 3 aromatic heterocycles. The van der Waals surface area contributed by atoms with E-state index in [-0.39, 0.29) is 35.4 Å². The number of carbonyl (C=O) groups excluding carboxylic acids is 1. The molecule has 33 heavy (non-hydrogen) atoms. The molecule has 0 saturated carbocycles. The number of fused-ring (bicyclic) bond motifs is 1. The molecule has 0 aliphatic heterocycles. The first kappa shape index (κ1) is 22.0. The highest BCUT2D eigenvalue weighted by Gasteiger charge is 2.22. The first-order chi connectivity index (χ1) is 15.6. The van der Waals surface area contributed by atoms with Crippen LogP contribution in [0.15, 0.2) is 30.3 Å². The minimum Gasteiger partial charge on any atom is -0.458 e. The number of hydrogen-bond donors (Lipinski definition) is 1. The number of carbonyl (C=O) groups is 1. The van der Waals surface area contributed by atoms with Crippen molar-refractivity contribution in [1.82, 2.24) is 34.7 Å². The lowest BCUT2D eigenvalue weighted by atomic mass is 10.2. The molecule has 0 atom stereocenters. The van der Waals surface area contributed by atoms with Gasteiger partial charge in [-0.1, -0.05) is 11.2 Å². The molecule has 0 spiro atoms. The summed E-state index contributed by atoms with van der Waals surface area (Å²) in [5.74, 6) is -1.24. The number of hydrogen-bond acceptors (Lipinski definition) is 8. The zero-order valence-electron chi connectivity index (χ0n) is 18.2. The van der Waals surface area contributed by atoms with Crippen LogP contribution < -0.4 is 10.1 Å². The Balaban J connectivity index is 1.61. The molecule has 0 bridgehead atoms. The molecular formula is C20H20F2N8O3. The average molecular weight is 458 g/mol. The second-order valence-corrected chi connectivity index (χ2v) is 8.02. The number of pyridine rings is 1. The second-order valence-electron chi connectivity index (χ2n) is 8.02. The predicted octanol–water partition coefficient (Wildman–Crippen LogP) is 3.15. The molecular weight excluding hydrogens is 438 g/mol. The smallest absolute Gasteiger partial charge is 0.413 e. The highest BCUT2D eigenvalue weighted by atomic mass is 19.1.